The maximum atomic E-state index is 12.7. The Morgan fingerprint density at radius 1 is 1.33 bits per heavy atom. The van der Waals surface area contributed by atoms with E-state index < -0.39 is 0 Å². The molecule has 0 aliphatic rings. The molecule has 0 unspecified atom stereocenters. The van der Waals surface area contributed by atoms with Gasteiger partial charge >= 0.3 is 0 Å². The fraction of sp³-hybridized carbons (Fsp3) is 0.176. The maximum Gasteiger partial charge on any atom is 0.257 e. The molecule has 2 heterocycles. The Labute approximate surface area is 152 Å². The molecule has 0 saturated heterocycles. The molecule has 5 nitrogen and oxygen atoms in total. The summed E-state index contributed by atoms with van der Waals surface area (Å²) in [5, 5.41) is 1.92. The average Bonchev–Trinajstić information content (AvgIpc) is 3.24. The van der Waals surface area contributed by atoms with Gasteiger partial charge in [0.1, 0.15) is 18.1 Å². The van der Waals surface area contributed by atoms with Crippen LogP contribution in [0.2, 0.25) is 0 Å². The first-order chi connectivity index (χ1) is 11.6. The largest absolute Gasteiger partial charge is 0.486 e. The number of hydrogen-bond donors (Lipinski definition) is 0. The molecule has 3 rings (SSSR count). The van der Waals surface area contributed by atoms with Crippen molar-refractivity contribution in [1.29, 1.82) is 0 Å². The first-order valence-corrected chi connectivity index (χ1v) is 8.95. The SMILES string of the molecule is CN(Cc1ccc(Br)o1)C(=O)c1ccccc1OCc1cscn1. The van der Waals surface area contributed by atoms with Crippen molar-refractivity contribution in [3.63, 3.8) is 0 Å². The van der Waals surface area contributed by atoms with Crippen LogP contribution in [-0.4, -0.2) is 22.8 Å². The molecule has 3 aromatic rings. The van der Waals surface area contributed by atoms with Crippen molar-refractivity contribution in [3.05, 3.63) is 69.0 Å². The van der Waals surface area contributed by atoms with Gasteiger partial charge in [-0.15, -0.1) is 11.3 Å². The molecule has 124 valence electrons. The monoisotopic (exact) mass is 406 g/mol. The Bertz CT molecular complexity index is 817. The predicted molar refractivity (Wildman–Crippen MR) is 95.1 cm³/mol. The molecule has 0 atom stereocenters. The molecule has 0 radical (unpaired) electrons. The van der Waals surface area contributed by atoms with Gasteiger partial charge in [0, 0.05) is 12.4 Å². The van der Waals surface area contributed by atoms with Crippen molar-refractivity contribution in [2.45, 2.75) is 13.2 Å². The molecule has 7 heteroatoms. The molecule has 2 aromatic heterocycles. The molecule has 0 bridgehead atoms. The second-order valence-electron chi connectivity index (χ2n) is 5.13. The van der Waals surface area contributed by atoms with E-state index in [4.69, 9.17) is 9.15 Å². The highest BCUT2D eigenvalue weighted by molar-refractivity contribution is 9.10. The van der Waals surface area contributed by atoms with Crippen molar-refractivity contribution in [3.8, 4) is 5.75 Å². The van der Waals surface area contributed by atoms with Crippen LogP contribution >= 0.6 is 27.3 Å². The molecule has 1 amide bonds. The lowest BCUT2D eigenvalue weighted by Gasteiger charge is -2.18. The zero-order valence-corrected chi connectivity index (χ0v) is 15.3. The molecular weight excluding hydrogens is 392 g/mol. The van der Waals surface area contributed by atoms with E-state index in [2.05, 4.69) is 20.9 Å². The van der Waals surface area contributed by atoms with Crippen LogP contribution in [0.1, 0.15) is 21.8 Å². The predicted octanol–water partition coefficient (Wildman–Crippen LogP) is 4.35. The van der Waals surface area contributed by atoms with E-state index >= 15 is 0 Å². The first kappa shape index (κ1) is 16.7. The van der Waals surface area contributed by atoms with Crippen molar-refractivity contribution in [2.24, 2.45) is 0 Å². The van der Waals surface area contributed by atoms with Gasteiger partial charge in [-0.1, -0.05) is 12.1 Å². The van der Waals surface area contributed by atoms with Gasteiger partial charge in [-0.3, -0.25) is 4.79 Å². The van der Waals surface area contributed by atoms with Crippen LogP contribution in [0.25, 0.3) is 0 Å². The van der Waals surface area contributed by atoms with Gasteiger partial charge in [-0.25, -0.2) is 4.98 Å². The smallest absolute Gasteiger partial charge is 0.257 e. The minimum absolute atomic E-state index is 0.128. The number of carbonyl (C=O) groups is 1. The highest BCUT2D eigenvalue weighted by atomic mass is 79.9. The number of thiazole rings is 1. The first-order valence-electron chi connectivity index (χ1n) is 7.22. The van der Waals surface area contributed by atoms with Crippen LogP contribution < -0.4 is 4.74 Å². The lowest BCUT2D eigenvalue weighted by atomic mass is 10.1. The van der Waals surface area contributed by atoms with E-state index in [0.717, 1.165) is 5.69 Å². The number of rotatable bonds is 6. The number of amides is 1. The van der Waals surface area contributed by atoms with Crippen molar-refractivity contribution in [1.82, 2.24) is 9.88 Å². The van der Waals surface area contributed by atoms with Crippen LogP contribution in [0.3, 0.4) is 0 Å². The van der Waals surface area contributed by atoms with Crippen molar-refractivity contribution in [2.75, 3.05) is 7.05 Å². The lowest BCUT2D eigenvalue weighted by Crippen LogP contribution is -2.26. The van der Waals surface area contributed by atoms with Crippen LogP contribution in [-0.2, 0) is 13.2 Å². The summed E-state index contributed by atoms with van der Waals surface area (Å²) in [5.41, 5.74) is 3.11. The third-order valence-electron chi connectivity index (χ3n) is 3.35. The number of halogens is 1. The molecule has 24 heavy (non-hydrogen) atoms. The third kappa shape index (κ3) is 4.04. The van der Waals surface area contributed by atoms with Crippen LogP contribution in [0.4, 0.5) is 0 Å². The number of benzene rings is 1. The third-order valence-corrected chi connectivity index (χ3v) is 4.41. The second kappa shape index (κ2) is 7.63. The van der Waals surface area contributed by atoms with E-state index in [1.165, 1.54) is 11.3 Å². The summed E-state index contributed by atoms with van der Waals surface area (Å²) in [5.74, 6) is 1.12. The summed E-state index contributed by atoms with van der Waals surface area (Å²) in [6.07, 6.45) is 0. The quantitative estimate of drug-likeness (QED) is 0.610. The summed E-state index contributed by atoms with van der Waals surface area (Å²) in [7, 11) is 1.73. The Morgan fingerprint density at radius 3 is 2.88 bits per heavy atom. The summed E-state index contributed by atoms with van der Waals surface area (Å²) in [6, 6.07) is 10.8. The molecule has 0 spiro atoms. The van der Waals surface area contributed by atoms with E-state index in [0.29, 0.717) is 34.9 Å². The van der Waals surface area contributed by atoms with E-state index in [1.807, 2.05) is 23.6 Å². The van der Waals surface area contributed by atoms with Crippen LogP contribution in [0.5, 0.6) is 5.75 Å². The number of para-hydroxylation sites is 1. The van der Waals surface area contributed by atoms with Gasteiger partial charge in [0.25, 0.3) is 5.91 Å². The zero-order valence-electron chi connectivity index (χ0n) is 12.9. The van der Waals surface area contributed by atoms with Gasteiger partial charge < -0.3 is 14.1 Å². The number of nitrogens with zero attached hydrogens (tertiary/aromatic N) is 2. The Balaban J connectivity index is 1.71. The summed E-state index contributed by atoms with van der Waals surface area (Å²) in [6.45, 7) is 0.716. The summed E-state index contributed by atoms with van der Waals surface area (Å²) < 4.78 is 11.9. The fourth-order valence-electron chi connectivity index (χ4n) is 2.18. The molecule has 0 aliphatic carbocycles. The average molecular weight is 407 g/mol. The second-order valence-corrected chi connectivity index (χ2v) is 6.63. The molecule has 0 saturated carbocycles. The summed E-state index contributed by atoms with van der Waals surface area (Å²) >= 11 is 4.77. The number of ether oxygens (including phenoxy) is 1. The van der Waals surface area contributed by atoms with E-state index in [-0.39, 0.29) is 5.91 Å². The van der Waals surface area contributed by atoms with E-state index in [9.17, 15) is 4.79 Å². The number of furan rings is 1. The summed E-state index contributed by atoms with van der Waals surface area (Å²) in [4.78, 5) is 18.5. The van der Waals surface area contributed by atoms with Gasteiger partial charge in [0.05, 0.1) is 23.3 Å². The molecule has 0 aliphatic heterocycles. The normalized spacial score (nSPS) is 10.6. The number of carbonyl (C=O) groups excluding carboxylic acids is 1. The fourth-order valence-corrected chi connectivity index (χ4v) is 3.06. The standard InChI is InChI=1S/C17H15BrN2O3S/c1-20(8-13-6-7-16(18)23-13)17(21)14-4-2-3-5-15(14)22-9-12-10-24-11-19-12/h2-7,10-11H,8-9H2,1H3. The van der Waals surface area contributed by atoms with Crippen LogP contribution in [0.15, 0.2) is 56.4 Å². The highest BCUT2D eigenvalue weighted by Crippen LogP contribution is 2.22. The minimum Gasteiger partial charge on any atom is -0.486 e. The highest BCUT2D eigenvalue weighted by Gasteiger charge is 2.18. The number of hydrogen-bond acceptors (Lipinski definition) is 5. The van der Waals surface area contributed by atoms with Crippen LogP contribution in [0, 0.1) is 0 Å². The van der Waals surface area contributed by atoms with Gasteiger partial charge in [0.15, 0.2) is 4.67 Å². The Morgan fingerprint density at radius 2 is 2.17 bits per heavy atom. The Kier molecular flexibility index (Phi) is 5.32. The molecular formula is C17H15BrN2O3S. The lowest BCUT2D eigenvalue weighted by molar-refractivity contribution is 0.0770. The van der Waals surface area contributed by atoms with Gasteiger partial charge in [-0.2, -0.15) is 0 Å². The van der Waals surface area contributed by atoms with Crippen molar-refractivity contribution >= 4 is 33.2 Å². The molecule has 0 N–H and O–H groups in total. The van der Waals surface area contributed by atoms with Crippen molar-refractivity contribution < 1.29 is 13.9 Å². The van der Waals surface area contributed by atoms with Gasteiger partial charge in [0.2, 0.25) is 0 Å². The zero-order chi connectivity index (χ0) is 16.9. The molecule has 1 aromatic carbocycles. The van der Waals surface area contributed by atoms with E-state index in [1.54, 1.807) is 35.7 Å². The Hall–Kier alpha value is -2.12. The van der Waals surface area contributed by atoms with Gasteiger partial charge in [-0.05, 0) is 40.2 Å². The minimum atomic E-state index is -0.128. The topological polar surface area (TPSA) is 55.6 Å². The maximum absolute atomic E-state index is 12.7. The number of aromatic nitrogens is 1. The molecule has 0 fully saturated rings.